The highest BCUT2D eigenvalue weighted by molar-refractivity contribution is 5.23. The van der Waals surface area contributed by atoms with Gasteiger partial charge in [0.25, 0.3) is 0 Å². The molecule has 0 amide bonds. The van der Waals surface area contributed by atoms with Gasteiger partial charge in [-0.1, -0.05) is 18.2 Å². The van der Waals surface area contributed by atoms with Gasteiger partial charge in [-0.3, -0.25) is 4.98 Å². The Morgan fingerprint density at radius 1 is 1.15 bits per heavy atom. The minimum atomic E-state index is -0.177. The van der Waals surface area contributed by atoms with Crippen LogP contribution in [0.4, 0.5) is 4.39 Å². The summed E-state index contributed by atoms with van der Waals surface area (Å²) < 4.78 is 13.1. The van der Waals surface area contributed by atoms with Crippen molar-refractivity contribution in [3.8, 4) is 0 Å². The Morgan fingerprint density at radius 3 is 2.50 bits per heavy atom. The average Bonchev–Trinajstić information content (AvgIpc) is 3.31. The molecule has 1 fully saturated rings. The van der Waals surface area contributed by atoms with Gasteiger partial charge in [-0.05, 0) is 55.0 Å². The fourth-order valence-electron chi connectivity index (χ4n) is 2.60. The predicted octanol–water partition coefficient (Wildman–Crippen LogP) is 4.02. The fraction of sp³-hybridized carbons (Fsp3) is 0.353. The highest BCUT2D eigenvalue weighted by Gasteiger charge is 2.33. The summed E-state index contributed by atoms with van der Waals surface area (Å²) in [6.07, 6.45) is 6.17. The largest absolute Gasteiger partial charge is 0.303 e. The van der Waals surface area contributed by atoms with E-state index in [1.807, 2.05) is 24.4 Å². The molecule has 3 heteroatoms. The van der Waals surface area contributed by atoms with Crippen molar-refractivity contribution >= 4 is 0 Å². The molecule has 2 atom stereocenters. The Hall–Kier alpha value is -1.74. The van der Waals surface area contributed by atoms with Crippen LogP contribution in [0.2, 0.25) is 0 Å². The van der Waals surface area contributed by atoms with Crippen LogP contribution in [0.15, 0.2) is 48.8 Å². The van der Waals surface area contributed by atoms with Crippen LogP contribution in [0.25, 0.3) is 0 Å². The summed E-state index contributed by atoms with van der Waals surface area (Å²) in [4.78, 5) is 4.17. The fourth-order valence-corrected chi connectivity index (χ4v) is 2.60. The number of hydrogen-bond donors (Lipinski definition) is 1. The maximum atomic E-state index is 13.1. The molecule has 20 heavy (non-hydrogen) atoms. The molecular formula is C17H19FN2. The average molecular weight is 270 g/mol. The summed E-state index contributed by atoms with van der Waals surface area (Å²) in [5, 5.41) is 3.67. The molecule has 0 bridgehead atoms. The van der Waals surface area contributed by atoms with E-state index in [9.17, 15) is 4.39 Å². The van der Waals surface area contributed by atoms with Crippen molar-refractivity contribution in [1.29, 1.82) is 0 Å². The lowest BCUT2D eigenvalue weighted by Gasteiger charge is -2.24. The van der Waals surface area contributed by atoms with Crippen LogP contribution in [0.5, 0.6) is 0 Å². The Bertz CT molecular complexity index is 549. The van der Waals surface area contributed by atoms with Gasteiger partial charge in [0.2, 0.25) is 0 Å². The molecule has 2 nitrogen and oxygen atoms in total. The van der Waals surface area contributed by atoms with Gasteiger partial charge >= 0.3 is 0 Å². The van der Waals surface area contributed by atoms with E-state index in [4.69, 9.17) is 0 Å². The summed E-state index contributed by atoms with van der Waals surface area (Å²) in [7, 11) is 0. The van der Waals surface area contributed by atoms with Crippen molar-refractivity contribution < 1.29 is 4.39 Å². The second-order valence-electron chi connectivity index (χ2n) is 5.54. The molecular weight excluding hydrogens is 251 g/mol. The van der Waals surface area contributed by atoms with Gasteiger partial charge in [0, 0.05) is 24.5 Å². The number of nitrogens with one attached hydrogen (secondary N) is 1. The molecule has 1 N–H and O–H groups in total. The van der Waals surface area contributed by atoms with E-state index in [0.29, 0.717) is 12.0 Å². The third-order valence-corrected chi connectivity index (χ3v) is 3.94. The lowest BCUT2D eigenvalue weighted by atomic mass is 10.00. The van der Waals surface area contributed by atoms with E-state index in [-0.39, 0.29) is 11.9 Å². The van der Waals surface area contributed by atoms with E-state index >= 15 is 0 Å². The van der Waals surface area contributed by atoms with Crippen molar-refractivity contribution in [2.24, 2.45) is 5.92 Å². The number of nitrogens with zero attached hydrogens (tertiary/aromatic N) is 1. The van der Waals surface area contributed by atoms with Crippen LogP contribution in [0.1, 0.15) is 43.0 Å². The zero-order valence-electron chi connectivity index (χ0n) is 11.6. The van der Waals surface area contributed by atoms with Gasteiger partial charge in [-0.2, -0.15) is 0 Å². The zero-order valence-corrected chi connectivity index (χ0v) is 11.6. The number of hydrogen-bond acceptors (Lipinski definition) is 2. The molecule has 1 aliphatic rings. The third-order valence-electron chi connectivity index (χ3n) is 3.94. The second-order valence-corrected chi connectivity index (χ2v) is 5.54. The van der Waals surface area contributed by atoms with Gasteiger partial charge in [0.1, 0.15) is 5.82 Å². The zero-order chi connectivity index (χ0) is 13.9. The van der Waals surface area contributed by atoms with Crippen molar-refractivity contribution in [3.05, 3.63) is 65.7 Å². The lowest BCUT2D eigenvalue weighted by Crippen LogP contribution is -2.26. The standard InChI is InChI=1S/C17H19FN2/c1-12(15-3-2-10-19-11-15)20-17(13-4-5-13)14-6-8-16(18)9-7-14/h2-3,6-13,17,20H,4-5H2,1H3/t12-,17?/m1/s1. The molecule has 1 unspecified atom stereocenters. The van der Waals surface area contributed by atoms with Crippen molar-refractivity contribution in [2.45, 2.75) is 31.8 Å². The van der Waals surface area contributed by atoms with Gasteiger partial charge in [0.15, 0.2) is 0 Å². The maximum Gasteiger partial charge on any atom is 0.123 e. The Labute approximate surface area is 119 Å². The highest BCUT2D eigenvalue weighted by atomic mass is 19.1. The van der Waals surface area contributed by atoms with E-state index in [2.05, 4.69) is 23.3 Å². The Balaban J connectivity index is 1.76. The van der Waals surface area contributed by atoms with Crippen molar-refractivity contribution in [3.63, 3.8) is 0 Å². The van der Waals surface area contributed by atoms with Gasteiger partial charge in [0.05, 0.1) is 0 Å². The monoisotopic (exact) mass is 270 g/mol. The molecule has 1 saturated carbocycles. The van der Waals surface area contributed by atoms with Crippen LogP contribution >= 0.6 is 0 Å². The van der Waals surface area contributed by atoms with Crippen LogP contribution in [0.3, 0.4) is 0 Å². The van der Waals surface area contributed by atoms with Gasteiger partial charge in [-0.15, -0.1) is 0 Å². The smallest absolute Gasteiger partial charge is 0.123 e. The first-order valence-corrected chi connectivity index (χ1v) is 7.15. The van der Waals surface area contributed by atoms with Crippen molar-refractivity contribution in [1.82, 2.24) is 10.3 Å². The molecule has 0 radical (unpaired) electrons. The number of aromatic nitrogens is 1. The summed E-state index contributed by atoms with van der Waals surface area (Å²) >= 11 is 0. The molecule has 0 saturated heterocycles. The number of benzene rings is 1. The van der Waals surface area contributed by atoms with E-state index < -0.39 is 0 Å². The molecule has 2 aromatic rings. The SMILES string of the molecule is C[C@@H](NC(c1ccc(F)cc1)C1CC1)c1cccnc1. The lowest BCUT2D eigenvalue weighted by molar-refractivity contribution is 0.426. The van der Waals surface area contributed by atoms with Gasteiger partial charge < -0.3 is 5.32 Å². The topological polar surface area (TPSA) is 24.9 Å². The van der Waals surface area contributed by atoms with Crippen LogP contribution in [-0.2, 0) is 0 Å². The van der Waals surface area contributed by atoms with Crippen LogP contribution < -0.4 is 5.32 Å². The molecule has 1 aromatic carbocycles. The van der Waals surface area contributed by atoms with Crippen molar-refractivity contribution in [2.75, 3.05) is 0 Å². The van der Waals surface area contributed by atoms with E-state index in [1.165, 1.54) is 24.0 Å². The quantitative estimate of drug-likeness (QED) is 0.887. The first-order valence-electron chi connectivity index (χ1n) is 7.15. The Kier molecular flexibility index (Phi) is 3.79. The predicted molar refractivity (Wildman–Crippen MR) is 77.7 cm³/mol. The number of pyridine rings is 1. The minimum Gasteiger partial charge on any atom is -0.303 e. The maximum absolute atomic E-state index is 13.1. The molecule has 1 aromatic heterocycles. The molecule has 3 rings (SSSR count). The molecule has 104 valence electrons. The van der Waals surface area contributed by atoms with E-state index in [1.54, 1.807) is 18.3 Å². The number of halogens is 1. The van der Waals surface area contributed by atoms with E-state index in [0.717, 1.165) is 0 Å². The summed E-state index contributed by atoms with van der Waals surface area (Å²) in [5.41, 5.74) is 2.35. The minimum absolute atomic E-state index is 0.177. The molecule has 0 spiro atoms. The molecule has 1 heterocycles. The summed E-state index contributed by atoms with van der Waals surface area (Å²) in [6, 6.07) is 11.4. The normalized spacial score (nSPS) is 17.7. The Morgan fingerprint density at radius 2 is 1.90 bits per heavy atom. The highest BCUT2D eigenvalue weighted by Crippen LogP contribution is 2.42. The summed E-state index contributed by atoms with van der Waals surface area (Å²) in [5.74, 6) is 0.489. The van der Waals surface area contributed by atoms with Crippen LogP contribution in [-0.4, -0.2) is 4.98 Å². The van der Waals surface area contributed by atoms with Crippen LogP contribution in [0, 0.1) is 11.7 Å². The molecule has 1 aliphatic carbocycles. The summed E-state index contributed by atoms with van der Waals surface area (Å²) in [6.45, 7) is 2.15. The third kappa shape index (κ3) is 3.05. The second kappa shape index (κ2) is 5.71. The first kappa shape index (κ1) is 13.3. The molecule has 0 aliphatic heterocycles. The first-order chi connectivity index (χ1) is 9.74. The van der Waals surface area contributed by atoms with Gasteiger partial charge in [-0.25, -0.2) is 4.39 Å². The number of rotatable bonds is 5.